The molecule has 2 rings (SSSR count). The summed E-state index contributed by atoms with van der Waals surface area (Å²) in [7, 11) is 0. The van der Waals surface area contributed by atoms with E-state index in [2.05, 4.69) is 17.1 Å². The Labute approximate surface area is 117 Å². The molecule has 0 radical (unpaired) electrons. The fraction of sp³-hybridized carbons (Fsp3) is 0.929. The Kier molecular flexibility index (Phi) is 7.02. The lowest BCUT2D eigenvalue weighted by Crippen LogP contribution is -2.41. The SMILES string of the molecule is CCC1CCCN(C(=O)C2CCNCC2)CC1.Cl. The third-order valence-electron chi connectivity index (χ3n) is 4.43. The van der Waals surface area contributed by atoms with Crippen LogP contribution in [0.3, 0.4) is 0 Å². The van der Waals surface area contributed by atoms with Gasteiger partial charge in [-0.05, 0) is 51.1 Å². The monoisotopic (exact) mass is 274 g/mol. The second-order valence-electron chi connectivity index (χ2n) is 5.55. The van der Waals surface area contributed by atoms with Crippen LogP contribution in [0.2, 0.25) is 0 Å². The van der Waals surface area contributed by atoms with Crippen molar-refractivity contribution >= 4 is 18.3 Å². The molecule has 1 N–H and O–H groups in total. The number of halogens is 1. The maximum atomic E-state index is 12.4. The Morgan fingerprint density at radius 1 is 1.17 bits per heavy atom. The second-order valence-corrected chi connectivity index (χ2v) is 5.55. The third-order valence-corrected chi connectivity index (χ3v) is 4.43. The molecule has 0 saturated carbocycles. The first-order valence-corrected chi connectivity index (χ1v) is 7.30. The number of carbonyl (C=O) groups is 1. The molecule has 2 saturated heterocycles. The van der Waals surface area contributed by atoms with E-state index in [0.29, 0.717) is 11.8 Å². The van der Waals surface area contributed by atoms with Crippen molar-refractivity contribution in [2.75, 3.05) is 26.2 Å². The zero-order valence-corrected chi connectivity index (χ0v) is 12.3. The van der Waals surface area contributed by atoms with Gasteiger partial charge in [0.2, 0.25) is 5.91 Å². The van der Waals surface area contributed by atoms with Gasteiger partial charge in [0.25, 0.3) is 0 Å². The number of piperidine rings is 1. The lowest BCUT2D eigenvalue weighted by molar-refractivity contribution is -0.136. The van der Waals surface area contributed by atoms with Crippen LogP contribution < -0.4 is 5.32 Å². The van der Waals surface area contributed by atoms with E-state index < -0.39 is 0 Å². The van der Waals surface area contributed by atoms with E-state index in [1.54, 1.807) is 0 Å². The molecule has 106 valence electrons. The van der Waals surface area contributed by atoms with Crippen molar-refractivity contribution in [3.63, 3.8) is 0 Å². The summed E-state index contributed by atoms with van der Waals surface area (Å²) in [4.78, 5) is 14.5. The fourth-order valence-electron chi connectivity index (χ4n) is 3.12. The first-order chi connectivity index (χ1) is 8.31. The summed E-state index contributed by atoms with van der Waals surface area (Å²) < 4.78 is 0. The van der Waals surface area contributed by atoms with Crippen LogP contribution in [0, 0.1) is 11.8 Å². The predicted octanol–water partition coefficient (Wildman–Crippen LogP) is 2.45. The molecule has 2 fully saturated rings. The van der Waals surface area contributed by atoms with E-state index >= 15 is 0 Å². The largest absolute Gasteiger partial charge is 0.342 e. The highest BCUT2D eigenvalue weighted by molar-refractivity contribution is 5.85. The average molecular weight is 275 g/mol. The van der Waals surface area contributed by atoms with Gasteiger partial charge in [-0.1, -0.05) is 13.3 Å². The van der Waals surface area contributed by atoms with E-state index in [4.69, 9.17) is 0 Å². The maximum absolute atomic E-state index is 12.4. The molecule has 1 unspecified atom stereocenters. The molecule has 0 spiro atoms. The third kappa shape index (κ3) is 4.13. The van der Waals surface area contributed by atoms with E-state index in [1.807, 2.05) is 0 Å². The van der Waals surface area contributed by atoms with Crippen molar-refractivity contribution in [1.29, 1.82) is 0 Å². The number of hydrogen-bond donors (Lipinski definition) is 1. The highest BCUT2D eigenvalue weighted by Gasteiger charge is 2.27. The van der Waals surface area contributed by atoms with Crippen LogP contribution in [-0.2, 0) is 4.79 Å². The Balaban J connectivity index is 0.00000162. The van der Waals surface area contributed by atoms with Crippen LogP contribution in [0.1, 0.15) is 45.4 Å². The molecular formula is C14H27ClN2O. The van der Waals surface area contributed by atoms with Gasteiger partial charge in [-0.25, -0.2) is 0 Å². The minimum Gasteiger partial charge on any atom is -0.342 e. The molecule has 3 nitrogen and oxygen atoms in total. The van der Waals surface area contributed by atoms with Gasteiger partial charge in [-0.15, -0.1) is 12.4 Å². The molecule has 18 heavy (non-hydrogen) atoms. The van der Waals surface area contributed by atoms with Gasteiger partial charge in [0.05, 0.1) is 0 Å². The number of likely N-dealkylation sites (tertiary alicyclic amines) is 1. The van der Waals surface area contributed by atoms with Crippen LogP contribution >= 0.6 is 12.4 Å². The maximum Gasteiger partial charge on any atom is 0.225 e. The van der Waals surface area contributed by atoms with Gasteiger partial charge in [0, 0.05) is 19.0 Å². The average Bonchev–Trinajstić information content (AvgIpc) is 2.64. The van der Waals surface area contributed by atoms with Crippen molar-refractivity contribution in [2.45, 2.75) is 45.4 Å². The van der Waals surface area contributed by atoms with E-state index in [0.717, 1.165) is 44.9 Å². The Morgan fingerprint density at radius 3 is 2.56 bits per heavy atom. The van der Waals surface area contributed by atoms with Gasteiger partial charge in [-0.3, -0.25) is 4.79 Å². The standard InChI is InChI=1S/C14H26N2O.ClH/c1-2-12-4-3-10-16(11-7-12)14(17)13-5-8-15-9-6-13;/h12-13,15H,2-11H2,1H3;1H. The van der Waals surface area contributed by atoms with E-state index in [9.17, 15) is 4.79 Å². The number of nitrogens with one attached hydrogen (secondary N) is 1. The molecule has 1 atom stereocenters. The predicted molar refractivity (Wildman–Crippen MR) is 77.1 cm³/mol. The highest BCUT2D eigenvalue weighted by Crippen LogP contribution is 2.23. The lowest BCUT2D eigenvalue weighted by Gasteiger charge is -2.28. The quantitative estimate of drug-likeness (QED) is 0.839. The summed E-state index contributed by atoms with van der Waals surface area (Å²) in [5.41, 5.74) is 0. The van der Waals surface area contributed by atoms with E-state index in [-0.39, 0.29) is 12.4 Å². The van der Waals surface area contributed by atoms with Crippen molar-refractivity contribution in [2.24, 2.45) is 11.8 Å². The summed E-state index contributed by atoms with van der Waals surface area (Å²) in [6, 6.07) is 0. The Hall–Kier alpha value is -0.280. The topological polar surface area (TPSA) is 32.3 Å². The van der Waals surface area contributed by atoms with Gasteiger partial charge < -0.3 is 10.2 Å². The van der Waals surface area contributed by atoms with Gasteiger partial charge in [0.1, 0.15) is 0 Å². The van der Waals surface area contributed by atoms with Crippen LogP contribution in [0.4, 0.5) is 0 Å². The van der Waals surface area contributed by atoms with E-state index in [1.165, 1.54) is 25.7 Å². The second kappa shape index (κ2) is 8.00. The number of hydrogen-bond acceptors (Lipinski definition) is 2. The molecule has 1 amide bonds. The number of carbonyl (C=O) groups excluding carboxylic acids is 1. The number of amides is 1. The number of rotatable bonds is 2. The first kappa shape index (κ1) is 15.8. The minimum atomic E-state index is 0. The van der Waals surface area contributed by atoms with Crippen LogP contribution in [0.15, 0.2) is 0 Å². The molecular weight excluding hydrogens is 248 g/mol. The fourth-order valence-corrected chi connectivity index (χ4v) is 3.12. The van der Waals surface area contributed by atoms with Crippen molar-refractivity contribution in [3.05, 3.63) is 0 Å². The zero-order chi connectivity index (χ0) is 12.1. The van der Waals surface area contributed by atoms with Crippen molar-refractivity contribution < 1.29 is 4.79 Å². The first-order valence-electron chi connectivity index (χ1n) is 7.30. The zero-order valence-electron chi connectivity index (χ0n) is 11.5. The summed E-state index contributed by atoms with van der Waals surface area (Å²) in [5.74, 6) is 1.58. The molecule has 0 aromatic rings. The molecule has 2 heterocycles. The summed E-state index contributed by atoms with van der Waals surface area (Å²) in [6.07, 6.45) is 7.07. The van der Waals surface area contributed by atoms with Crippen LogP contribution in [-0.4, -0.2) is 37.0 Å². The lowest BCUT2D eigenvalue weighted by atomic mass is 9.96. The van der Waals surface area contributed by atoms with Crippen LogP contribution in [0.25, 0.3) is 0 Å². The van der Waals surface area contributed by atoms with Crippen molar-refractivity contribution in [1.82, 2.24) is 10.2 Å². The Morgan fingerprint density at radius 2 is 1.89 bits per heavy atom. The van der Waals surface area contributed by atoms with Crippen molar-refractivity contribution in [3.8, 4) is 0 Å². The Bertz CT molecular complexity index is 254. The number of nitrogens with zero attached hydrogens (tertiary/aromatic N) is 1. The molecule has 0 bridgehead atoms. The molecule has 4 heteroatoms. The highest BCUT2D eigenvalue weighted by atomic mass is 35.5. The molecule has 2 aliphatic rings. The summed E-state index contributed by atoms with van der Waals surface area (Å²) >= 11 is 0. The molecule has 2 aliphatic heterocycles. The van der Waals surface area contributed by atoms with Gasteiger partial charge >= 0.3 is 0 Å². The van der Waals surface area contributed by atoms with Gasteiger partial charge in [-0.2, -0.15) is 0 Å². The van der Waals surface area contributed by atoms with Crippen LogP contribution in [0.5, 0.6) is 0 Å². The molecule has 0 aromatic heterocycles. The van der Waals surface area contributed by atoms with Gasteiger partial charge in [0.15, 0.2) is 0 Å². The molecule has 0 aromatic carbocycles. The smallest absolute Gasteiger partial charge is 0.225 e. The summed E-state index contributed by atoms with van der Waals surface area (Å²) in [6.45, 7) is 6.30. The molecule has 0 aliphatic carbocycles. The normalized spacial score (nSPS) is 26.3. The minimum absolute atomic E-state index is 0. The summed E-state index contributed by atoms with van der Waals surface area (Å²) in [5, 5.41) is 3.33.